The molecule has 1 aromatic rings. The number of methoxy groups -OCH3 is 1. The Hall–Kier alpha value is -1.77. The minimum Gasteiger partial charge on any atom is -0.497 e. The van der Waals surface area contributed by atoms with Crippen molar-refractivity contribution in [2.45, 2.75) is 26.2 Å². The first-order chi connectivity index (χ1) is 8.08. The van der Waals surface area contributed by atoms with Crippen LogP contribution in [0.3, 0.4) is 0 Å². The van der Waals surface area contributed by atoms with Crippen LogP contribution in [0.15, 0.2) is 30.4 Å². The molecule has 1 N–H and O–H groups in total. The summed E-state index contributed by atoms with van der Waals surface area (Å²) in [6, 6.07) is 5.72. The predicted octanol–water partition coefficient (Wildman–Crippen LogP) is 3.14. The number of rotatable bonds is 5. The lowest BCUT2D eigenvalue weighted by Crippen LogP contribution is -2.05. The molecule has 3 heteroatoms. The number of benzene rings is 1. The van der Waals surface area contributed by atoms with Crippen molar-refractivity contribution >= 4 is 5.97 Å². The van der Waals surface area contributed by atoms with Crippen molar-refractivity contribution in [1.82, 2.24) is 0 Å². The van der Waals surface area contributed by atoms with Gasteiger partial charge < -0.3 is 9.84 Å². The summed E-state index contributed by atoms with van der Waals surface area (Å²) in [5.74, 6) is -0.0764. The maximum atomic E-state index is 10.8. The lowest BCUT2D eigenvalue weighted by molar-refractivity contribution is -0.137. The molecule has 0 heterocycles. The molecule has 0 amide bonds. The molecule has 0 bridgehead atoms. The van der Waals surface area contributed by atoms with Gasteiger partial charge in [0.15, 0.2) is 0 Å². The van der Waals surface area contributed by atoms with Crippen LogP contribution < -0.4 is 4.74 Å². The van der Waals surface area contributed by atoms with E-state index in [-0.39, 0.29) is 12.3 Å². The predicted molar refractivity (Wildman–Crippen MR) is 67.5 cm³/mol. The molecule has 0 aromatic heterocycles. The Kier molecular flexibility index (Phi) is 4.76. The van der Waals surface area contributed by atoms with E-state index >= 15 is 0 Å². The second kappa shape index (κ2) is 6.09. The smallest absolute Gasteiger partial charge is 0.304 e. The van der Waals surface area contributed by atoms with E-state index in [1.807, 2.05) is 44.2 Å². The van der Waals surface area contributed by atoms with Crippen molar-refractivity contribution in [3.05, 3.63) is 41.5 Å². The third-order valence-corrected chi connectivity index (χ3v) is 2.70. The molecule has 0 saturated heterocycles. The Bertz CT molecular complexity index is 421. The third kappa shape index (κ3) is 3.63. The maximum absolute atomic E-state index is 10.8. The first kappa shape index (κ1) is 13.3. The number of aliphatic carboxylic acids is 1. The molecular weight excluding hydrogens is 216 g/mol. The number of carboxylic acids is 1. The van der Waals surface area contributed by atoms with Crippen LogP contribution in [0, 0.1) is 6.92 Å². The van der Waals surface area contributed by atoms with E-state index in [1.54, 1.807) is 7.11 Å². The molecule has 1 atom stereocenters. The Morgan fingerprint density at radius 3 is 2.71 bits per heavy atom. The molecule has 0 fully saturated rings. The topological polar surface area (TPSA) is 46.5 Å². The summed E-state index contributed by atoms with van der Waals surface area (Å²) in [5.41, 5.74) is 2.08. The number of carboxylic acid groups (broad SMARTS) is 1. The molecule has 92 valence electrons. The van der Waals surface area contributed by atoms with Crippen LogP contribution in [0.5, 0.6) is 5.75 Å². The van der Waals surface area contributed by atoms with Crippen molar-refractivity contribution in [3.8, 4) is 5.75 Å². The summed E-state index contributed by atoms with van der Waals surface area (Å²) in [6.07, 6.45) is 3.91. The van der Waals surface area contributed by atoms with Crippen LogP contribution in [0.2, 0.25) is 0 Å². The van der Waals surface area contributed by atoms with E-state index in [0.29, 0.717) is 0 Å². The zero-order chi connectivity index (χ0) is 12.8. The summed E-state index contributed by atoms with van der Waals surface area (Å²) in [7, 11) is 1.62. The molecule has 1 aromatic carbocycles. The quantitative estimate of drug-likeness (QED) is 0.796. The van der Waals surface area contributed by atoms with E-state index in [0.717, 1.165) is 16.9 Å². The highest BCUT2D eigenvalue weighted by Crippen LogP contribution is 2.27. The summed E-state index contributed by atoms with van der Waals surface area (Å²) >= 11 is 0. The Balaban J connectivity index is 3.05. The van der Waals surface area contributed by atoms with Gasteiger partial charge in [0.25, 0.3) is 0 Å². The summed E-state index contributed by atoms with van der Waals surface area (Å²) in [4.78, 5) is 10.8. The second-order valence-electron chi connectivity index (χ2n) is 3.95. The van der Waals surface area contributed by atoms with Gasteiger partial charge in [-0.15, -0.1) is 0 Å². The van der Waals surface area contributed by atoms with E-state index in [2.05, 4.69) is 0 Å². The minimum absolute atomic E-state index is 0.0802. The monoisotopic (exact) mass is 234 g/mol. The van der Waals surface area contributed by atoms with Crippen LogP contribution in [0.1, 0.15) is 30.4 Å². The Morgan fingerprint density at radius 1 is 1.53 bits per heavy atom. The van der Waals surface area contributed by atoms with Crippen molar-refractivity contribution < 1.29 is 14.6 Å². The van der Waals surface area contributed by atoms with Crippen molar-refractivity contribution in [2.24, 2.45) is 0 Å². The average molecular weight is 234 g/mol. The molecule has 0 spiro atoms. The van der Waals surface area contributed by atoms with Gasteiger partial charge in [-0.1, -0.05) is 18.2 Å². The minimum atomic E-state index is -0.789. The molecule has 1 unspecified atom stereocenters. The molecule has 0 radical (unpaired) electrons. The van der Waals surface area contributed by atoms with Gasteiger partial charge in [-0.05, 0) is 37.1 Å². The number of ether oxygens (including phenoxy) is 1. The highest BCUT2D eigenvalue weighted by molar-refractivity contribution is 5.68. The van der Waals surface area contributed by atoms with Crippen molar-refractivity contribution in [1.29, 1.82) is 0 Å². The van der Waals surface area contributed by atoms with Gasteiger partial charge in [0.2, 0.25) is 0 Å². The largest absolute Gasteiger partial charge is 0.497 e. The molecule has 3 nitrogen and oxygen atoms in total. The van der Waals surface area contributed by atoms with Gasteiger partial charge in [-0.25, -0.2) is 0 Å². The van der Waals surface area contributed by atoms with Crippen LogP contribution in [0.25, 0.3) is 0 Å². The lowest BCUT2D eigenvalue weighted by atomic mass is 9.91. The molecule has 17 heavy (non-hydrogen) atoms. The SMILES string of the molecule is CC=CC(CC(=O)O)c1ccc(OC)cc1C. The highest BCUT2D eigenvalue weighted by atomic mass is 16.5. The van der Waals surface area contributed by atoms with Gasteiger partial charge in [0.1, 0.15) is 5.75 Å². The summed E-state index contributed by atoms with van der Waals surface area (Å²) < 4.78 is 5.14. The van der Waals surface area contributed by atoms with Crippen LogP contribution >= 0.6 is 0 Å². The lowest BCUT2D eigenvalue weighted by Gasteiger charge is -2.14. The van der Waals surface area contributed by atoms with Gasteiger partial charge in [-0.3, -0.25) is 4.79 Å². The molecular formula is C14H18O3. The standard InChI is InChI=1S/C14H18O3/c1-4-5-11(9-14(15)16)13-7-6-12(17-3)8-10(13)2/h4-8,11H,9H2,1-3H3,(H,15,16). The first-order valence-electron chi connectivity index (χ1n) is 5.57. The zero-order valence-corrected chi connectivity index (χ0v) is 10.4. The fourth-order valence-corrected chi connectivity index (χ4v) is 1.89. The highest BCUT2D eigenvalue weighted by Gasteiger charge is 2.14. The number of hydrogen-bond donors (Lipinski definition) is 1. The Labute approximate surface area is 102 Å². The van der Waals surface area contributed by atoms with E-state index < -0.39 is 5.97 Å². The van der Waals surface area contributed by atoms with Gasteiger partial charge >= 0.3 is 5.97 Å². The fourth-order valence-electron chi connectivity index (χ4n) is 1.89. The Morgan fingerprint density at radius 2 is 2.24 bits per heavy atom. The third-order valence-electron chi connectivity index (χ3n) is 2.70. The number of aryl methyl sites for hydroxylation is 1. The van der Waals surface area contributed by atoms with Gasteiger partial charge in [0.05, 0.1) is 13.5 Å². The molecule has 0 aliphatic rings. The molecule has 0 aliphatic heterocycles. The van der Waals surface area contributed by atoms with E-state index in [4.69, 9.17) is 9.84 Å². The van der Waals surface area contributed by atoms with Crippen LogP contribution in [-0.4, -0.2) is 18.2 Å². The van der Waals surface area contributed by atoms with Crippen LogP contribution in [0.4, 0.5) is 0 Å². The number of hydrogen-bond acceptors (Lipinski definition) is 2. The molecule has 0 aliphatic carbocycles. The number of carbonyl (C=O) groups is 1. The maximum Gasteiger partial charge on any atom is 0.304 e. The van der Waals surface area contributed by atoms with E-state index in [1.165, 1.54) is 0 Å². The van der Waals surface area contributed by atoms with Crippen LogP contribution in [-0.2, 0) is 4.79 Å². The van der Waals surface area contributed by atoms with Crippen molar-refractivity contribution in [3.63, 3.8) is 0 Å². The first-order valence-corrected chi connectivity index (χ1v) is 5.57. The zero-order valence-electron chi connectivity index (χ0n) is 10.4. The fraction of sp³-hybridized carbons (Fsp3) is 0.357. The summed E-state index contributed by atoms with van der Waals surface area (Å²) in [5, 5.41) is 8.90. The second-order valence-corrected chi connectivity index (χ2v) is 3.95. The van der Waals surface area contributed by atoms with Gasteiger partial charge in [0, 0.05) is 5.92 Å². The molecule has 1 rings (SSSR count). The molecule has 0 saturated carbocycles. The average Bonchev–Trinajstić information content (AvgIpc) is 2.27. The summed E-state index contributed by atoms with van der Waals surface area (Å²) in [6.45, 7) is 3.86. The van der Waals surface area contributed by atoms with Crippen molar-refractivity contribution in [2.75, 3.05) is 7.11 Å². The normalized spacial score (nSPS) is 12.6. The number of allylic oxidation sites excluding steroid dienone is 2. The van der Waals surface area contributed by atoms with E-state index in [9.17, 15) is 4.79 Å². The van der Waals surface area contributed by atoms with Gasteiger partial charge in [-0.2, -0.15) is 0 Å².